The van der Waals surface area contributed by atoms with E-state index in [-0.39, 0.29) is 5.82 Å². The van der Waals surface area contributed by atoms with E-state index >= 15 is 0 Å². The summed E-state index contributed by atoms with van der Waals surface area (Å²) in [6.45, 7) is 0. The average Bonchev–Trinajstić information content (AvgIpc) is 2.06. The van der Waals surface area contributed by atoms with Crippen LogP contribution >= 0.6 is 0 Å². The smallest absolute Gasteiger partial charge is 0.304 e. The minimum atomic E-state index is -0.807. The fraction of sp³-hybridized carbons (Fsp3) is 0. The minimum Gasteiger partial charge on any atom is -0.304 e. The Morgan fingerprint density at radius 1 is 1.67 bits per heavy atom. The zero-order valence-electron chi connectivity index (χ0n) is 5.88. The molecule has 1 aromatic rings. The fourth-order valence-corrected chi connectivity index (χ4v) is 0.539. The minimum absolute atomic E-state index is 0.245. The highest BCUT2D eigenvalue weighted by Crippen LogP contribution is 1.97. The number of hydrogen-bond donors (Lipinski definition) is 1. The predicted octanol–water partition coefficient (Wildman–Crippen LogP) is 1.32. The summed E-state index contributed by atoms with van der Waals surface area (Å²) in [4.78, 5) is 20.3. The van der Waals surface area contributed by atoms with Gasteiger partial charge in [-0.2, -0.15) is 0 Å². The first-order valence-electron chi connectivity index (χ1n) is 2.95. The summed E-state index contributed by atoms with van der Waals surface area (Å²) in [5.74, 6) is 0.245. The quantitative estimate of drug-likeness (QED) is 0.384. The van der Waals surface area contributed by atoms with E-state index < -0.39 is 6.03 Å². The zero-order chi connectivity index (χ0) is 8.81. The summed E-state index contributed by atoms with van der Waals surface area (Å²) >= 11 is 0. The Morgan fingerprint density at radius 3 is 3.08 bits per heavy atom. The van der Waals surface area contributed by atoms with Crippen molar-refractivity contribution in [1.29, 1.82) is 0 Å². The Kier molecular flexibility index (Phi) is 2.58. The number of urea groups is 1. The standard InChI is InChI=1S/C5H4N6O/c6-11-10-5(12)9-4-3-7-1-2-8-4/h1-3H,(H,8,9,12). The SMILES string of the molecule is [N-]=[N+]=NC(=O)Nc1cnccn1. The molecular formula is C5H4N6O. The third-order valence-corrected chi connectivity index (χ3v) is 0.934. The van der Waals surface area contributed by atoms with Gasteiger partial charge in [0.05, 0.1) is 6.20 Å². The molecule has 0 aromatic carbocycles. The summed E-state index contributed by atoms with van der Waals surface area (Å²) in [5.41, 5.74) is 7.88. The van der Waals surface area contributed by atoms with Gasteiger partial charge in [0.1, 0.15) is 0 Å². The maximum absolute atomic E-state index is 10.6. The Hall–Kier alpha value is -2.14. The van der Waals surface area contributed by atoms with E-state index in [2.05, 4.69) is 25.3 Å². The van der Waals surface area contributed by atoms with Gasteiger partial charge in [-0.1, -0.05) is 0 Å². The Bertz CT molecular complexity index is 316. The van der Waals surface area contributed by atoms with Crippen molar-refractivity contribution in [2.24, 2.45) is 5.11 Å². The molecule has 0 aliphatic rings. The fourth-order valence-electron chi connectivity index (χ4n) is 0.539. The van der Waals surface area contributed by atoms with Crippen LogP contribution in [-0.2, 0) is 0 Å². The van der Waals surface area contributed by atoms with Crippen LogP contribution in [0.15, 0.2) is 23.7 Å². The lowest BCUT2D eigenvalue weighted by atomic mass is 10.6. The highest BCUT2D eigenvalue weighted by molar-refractivity contribution is 5.88. The largest absolute Gasteiger partial charge is 0.313 e. The molecule has 0 atom stereocenters. The van der Waals surface area contributed by atoms with Crippen LogP contribution in [0.2, 0.25) is 0 Å². The second-order valence-corrected chi connectivity index (χ2v) is 1.71. The van der Waals surface area contributed by atoms with Crippen molar-refractivity contribution < 1.29 is 4.79 Å². The molecule has 7 nitrogen and oxygen atoms in total. The van der Waals surface area contributed by atoms with E-state index in [1.54, 1.807) is 0 Å². The number of azide groups is 1. The molecule has 7 heteroatoms. The summed E-state index contributed by atoms with van der Waals surface area (Å²) < 4.78 is 0. The molecule has 2 amide bonds. The molecule has 0 saturated carbocycles. The van der Waals surface area contributed by atoms with Gasteiger partial charge >= 0.3 is 6.03 Å². The number of anilines is 1. The van der Waals surface area contributed by atoms with E-state index in [1.807, 2.05) is 0 Å². The second-order valence-electron chi connectivity index (χ2n) is 1.71. The van der Waals surface area contributed by atoms with Gasteiger partial charge in [-0.05, 0) is 5.53 Å². The highest BCUT2D eigenvalue weighted by atomic mass is 16.2. The maximum Gasteiger partial charge on any atom is 0.313 e. The number of aromatic nitrogens is 2. The lowest BCUT2D eigenvalue weighted by molar-refractivity contribution is 0.259. The molecule has 12 heavy (non-hydrogen) atoms. The lowest BCUT2D eigenvalue weighted by Crippen LogP contribution is -2.06. The van der Waals surface area contributed by atoms with Gasteiger partial charge in [-0.25, -0.2) is 4.98 Å². The van der Waals surface area contributed by atoms with Crippen molar-refractivity contribution in [1.82, 2.24) is 9.97 Å². The Morgan fingerprint density at radius 2 is 2.50 bits per heavy atom. The molecule has 1 heterocycles. The number of hydrogen-bond acceptors (Lipinski definition) is 3. The molecule has 0 unspecified atom stereocenters. The van der Waals surface area contributed by atoms with E-state index in [9.17, 15) is 4.79 Å². The zero-order valence-corrected chi connectivity index (χ0v) is 5.88. The molecule has 0 spiro atoms. The molecule has 0 aliphatic heterocycles. The number of nitrogens with zero attached hydrogens (tertiary/aromatic N) is 5. The third-order valence-electron chi connectivity index (χ3n) is 0.934. The predicted molar refractivity (Wildman–Crippen MR) is 40.2 cm³/mol. The van der Waals surface area contributed by atoms with Gasteiger partial charge in [0, 0.05) is 22.4 Å². The summed E-state index contributed by atoms with van der Waals surface area (Å²) in [6, 6.07) is -0.807. The first kappa shape index (κ1) is 7.96. The van der Waals surface area contributed by atoms with E-state index in [0.717, 1.165) is 0 Å². The number of amides is 2. The van der Waals surface area contributed by atoms with Crippen LogP contribution < -0.4 is 5.32 Å². The number of nitrogens with one attached hydrogen (secondary N) is 1. The van der Waals surface area contributed by atoms with Gasteiger partial charge in [0.15, 0.2) is 5.82 Å². The van der Waals surface area contributed by atoms with Crippen molar-refractivity contribution in [3.63, 3.8) is 0 Å². The average molecular weight is 164 g/mol. The summed E-state index contributed by atoms with van der Waals surface area (Å²) in [7, 11) is 0. The molecule has 1 aromatic heterocycles. The van der Waals surface area contributed by atoms with Gasteiger partial charge in [-0.15, -0.1) is 0 Å². The van der Waals surface area contributed by atoms with Crippen molar-refractivity contribution in [3.05, 3.63) is 29.0 Å². The molecule has 1 rings (SSSR count). The summed E-state index contributed by atoms with van der Waals surface area (Å²) in [6.07, 6.45) is 4.21. The molecule has 1 N–H and O–H groups in total. The third kappa shape index (κ3) is 2.24. The number of carbonyl (C=O) groups is 1. The molecule has 0 fully saturated rings. The van der Waals surface area contributed by atoms with Crippen molar-refractivity contribution >= 4 is 11.8 Å². The van der Waals surface area contributed by atoms with Gasteiger partial charge in [0.2, 0.25) is 0 Å². The second kappa shape index (κ2) is 3.89. The molecular weight excluding hydrogens is 160 g/mol. The van der Waals surface area contributed by atoms with Gasteiger partial charge in [0.25, 0.3) is 0 Å². The first-order chi connectivity index (χ1) is 5.83. The lowest BCUT2D eigenvalue weighted by Gasteiger charge is -1.96. The Labute approximate surface area is 67.1 Å². The Balaban J connectivity index is 2.64. The first-order valence-corrected chi connectivity index (χ1v) is 2.95. The summed E-state index contributed by atoms with van der Waals surface area (Å²) in [5, 5.41) is 4.99. The van der Waals surface area contributed by atoms with Crippen LogP contribution in [0.1, 0.15) is 0 Å². The van der Waals surface area contributed by atoms with Crippen LogP contribution in [0.4, 0.5) is 10.6 Å². The van der Waals surface area contributed by atoms with Crippen LogP contribution in [0.3, 0.4) is 0 Å². The molecule has 0 radical (unpaired) electrons. The van der Waals surface area contributed by atoms with Crippen molar-refractivity contribution in [3.8, 4) is 0 Å². The number of carbonyl (C=O) groups excluding carboxylic acids is 1. The van der Waals surface area contributed by atoms with E-state index in [0.29, 0.717) is 0 Å². The highest BCUT2D eigenvalue weighted by Gasteiger charge is 1.97. The molecule has 60 valence electrons. The van der Waals surface area contributed by atoms with Crippen LogP contribution in [0.5, 0.6) is 0 Å². The normalized spacial score (nSPS) is 8.33. The van der Waals surface area contributed by atoms with Crippen LogP contribution in [0.25, 0.3) is 10.4 Å². The number of rotatable bonds is 1. The topological polar surface area (TPSA) is 104 Å². The van der Waals surface area contributed by atoms with Crippen molar-refractivity contribution in [2.75, 3.05) is 5.32 Å². The van der Waals surface area contributed by atoms with E-state index in [4.69, 9.17) is 5.53 Å². The molecule has 0 aliphatic carbocycles. The van der Waals surface area contributed by atoms with Gasteiger partial charge < -0.3 is 5.32 Å². The van der Waals surface area contributed by atoms with Crippen LogP contribution in [0, 0.1) is 0 Å². The molecule has 0 bridgehead atoms. The molecule has 0 saturated heterocycles. The van der Waals surface area contributed by atoms with Crippen molar-refractivity contribution in [2.45, 2.75) is 0 Å². The van der Waals surface area contributed by atoms with Gasteiger partial charge in [-0.3, -0.25) is 9.78 Å². The maximum atomic E-state index is 10.6. The monoisotopic (exact) mass is 164 g/mol. The van der Waals surface area contributed by atoms with Crippen LogP contribution in [-0.4, -0.2) is 16.0 Å². The van der Waals surface area contributed by atoms with E-state index in [1.165, 1.54) is 18.6 Å².